The minimum absolute atomic E-state index is 0.000662. The maximum atomic E-state index is 14.2. The Morgan fingerprint density at radius 1 is 0.764 bits per heavy atom. The van der Waals surface area contributed by atoms with Gasteiger partial charge < -0.3 is 47.0 Å². The van der Waals surface area contributed by atoms with E-state index in [9.17, 15) is 33.9 Å². The number of hydrogen-bond acceptors (Lipinski definition) is 9. The largest absolute Gasteiger partial charge is 0.480 e. The number of carboxylic acids is 1. The number of amides is 5. The molecule has 1 saturated heterocycles. The average Bonchev–Trinajstić information content (AvgIpc) is 3.94. The van der Waals surface area contributed by atoms with Gasteiger partial charge in [0.25, 0.3) is 0 Å². The Morgan fingerprint density at radius 2 is 1.29 bits per heavy atom. The molecule has 6 atom stereocenters. The SMILES string of the molecule is CC(C)C[C@H](NC(=O)[C@H](CC(C)C)NC(=O)[C@@H](N)Cc1ccccc1)C(=O)N[C@@H](Cc1cnc[nH]1)C(=O)N1CCC[C@H]1C(=O)N[C@@H](Cc1cnc[nH]1)C(=O)O. The van der Waals surface area contributed by atoms with E-state index in [2.05, 4.69) is 41.2 Å². The molecular formula is C38H54N10O7. The van der Waals surface area contributed by atoms with Gasteiger partial charge in [0, 0.05) is 43.2 Å². The van der Waals surface area contributed by atoms with E-state index in [0.717, 1.165) is 5.56 Å². The van der Waals surface area contributed by atoms with E-state index in [4.69, 9.17) is 5.73 Å². The molecule has 1 aliphatic rings. The number of aromatic amines is 2. The molecule has 17 heteroatoms. The van der Waals surface area contributed by atoms with Gasteiger partial charge in [0.2, 0.25) is 29.5 Å². The van der Waals surface area contributed by atoms with E-state index in [-0.39, 0.29) is 50.5 Å². The predicted octanol–water partition coefficient (Wildman–Crippen LogP) is 0.595. The van der Waals surface area contributed by atoms with Gasteiger partial charge in [-0.25, -0.2) is 14.8 Å². The van der Waals surface area contributed by atoms with E-state index in [1.54, 1.807) is 0 Å². The van der Waals surface area contributed by atoms with Gasteiger partial charge in [-0.3, -0.25) is 24.0 Å². The van der Waals surface area contributed by atoms with Crippen LogP contribution in [0.4, 0.5) is 0 Å². The highest BCUT2D eigenvalue weighted by Crippen LogP contribution is 2.21. The summed E-state index contributed by atoms with van der Waals surface area (Å²) in [6, 6.07) is 2.92. The minimum Gasteiger partial charge on any atom is -0.480 e. The standard InChI is InChI=1S/C38H54N10O7/c1-22(2)13-28(44-33(49)27(39)15-24-9-6-5-7-10-24)34(50)45-29(14-23(3)4)35(51)46-30(16-25-18-40-20-42-25)37(53)48-12-8-11-32(48)36(52)47-31(38(54)55)17-26-19-41-21-43-26/h5-7,9-10,18-23,27-32H,8,11-17,39H2,1-4H3,(H,40,42)(H,41,43)(H,44,49)(H,45,50)(H,46,51)(H,47,52)(H,54,55)/t27-,28-,29-,30-,31-,32-/m0/s1. The summed E-state index contributed by atoms with van der Waals surface area (Å²) in [5, 5.41) is 20.8. The van der Waals surface area contributed by atoms with Crippen LogP contribution in [0, 0.1) is 11.8 Å². The summed E-state index contributed by atoms with van der Waals surface area (Å²) < 4.78 is 0. The molecule has 0 spiro atoms. The molecule has 4 rings (SSSR count). The molecule has 0 bridgehead atoms. The highest BCUT2D eigenvalue weighted by Gasteiger charge is 2.40. The van der Waals surface area contributed by atoms with E-state index in [1.807, 2.05) is 58.0 Å². The van der Waals surface area contributed by atoms with Gasteiger partial charge in [0.05, 0.1) is 18.7 Å². The van der Waals surface area contributed by atoms with Gasteiger partial charge in [-0.15, -0.1) is 0 Å². The van der Waals surface area contributed by atoms with Gasteiger partial charge in [-0.1, -0.05) is 58.0 Å². The van der Waals surface area contributed by atoms with Crippen molar-refractivity contribution in [3.05, 3.63) is 72.3 Å². The molecule has 9 N–H and O–H groups in total. The van der Waals surface area contributed by atoms with Crippen LogP contribution in [0.25, 0.3) is 0 Å². The number of imidazole rings is 2. The summed E-state index contributed by atoms with van der Waals surface area (Å²) in [4.78, 5) is 95.8. The van der Waals surface area contributed by atoms with Crippen molar-refractivity contribution in [3.63, 3.8) is 0 Å². The molecule has 3 heterocycles. The lowest BCUT2D eigenvalue weighted by Gasteiger charge is -2.31. The molecule has 0 saturated carbocycles. The lowest BCUT2D eigenvalue weighted by molar-refractivity contribution is -0.145. The first-order chi connectivity index (χ1) is 26.2. The summed E-state index contributed by atoms with van der Waals surface area (Å²) in [5.74, 6) is -4.15. The lowest BCUT2D eigenvalue weighted by atomic mass is 9.99. The lowest BCUT2D eigenvalue weighted by Crippen LogP contribution is -2.60. The smallest absolute Gasteiger partial charge is 0.326 e. The highest BCUT2D eigenvalue weighted by atomic mass is 16.4. The molecule has 298 valence electrons. The monoisotopic (exact) mass is 762 g/mol. The predicted molar refractivity (Wildman–Crippen MR) is 202 cm³/mol. The van der Waals surface area contributed by atoms with Gasteiger partial charge >= 0.3 is 5.97 Å². The fourth-order valence-corrected chi connectivity index (χ4v) is 6.59. The van der Waals surface area contributed by atoms with Crippen molar-refractivity contribution in [1.29, 1.82) is 0 Å². The number of nitrogens with zero attached hydrogens (tertiary/aromatic N) is 3. The van der Waals surface area contributed by atoms with Gasteiger partial charge in [0.1, 0.15) is 30.2 Å². The second-order valence-electron chi connectivity index (χ2n) is 14.9. The van der Waals surface area contributed by atoms with Crippen molar-refractivity contribution < 1.29 is 33.9 Å². The molecule has 17 nitrogen and oxygen atoms in total. The molecule has 1 fully saturated rings. The van der Waals surface area contributed by atoms with Crippen LogP contribution in [0.15, 0.2) is 55.4 Å². The molecular weight excluding hydrogens is 708 g/mol. The summed E-state index contributed by atoms with van der Waals surface area (Å²) in [7, 11) is 0. The Kier molecular flexibility index (Phi) is 15.5. The number of rotatable bonds is 20. The molecule has 0 radical (unpaired) electrons. The summed E-state index contributed by atoms with van der Waals surface area (Å²) in [6.45, 7) is 7.81. The number of nitrogens with two attached hydrogens (primary N) is 1. The number of likely N-dealkylation sites (tertiary alicyclic amines) is 1. The Labute approximate surface area is 320 Å². The number of hydrogen-bond donors (Lipinski definition) is 8. The summed E-state index contributed by atoms with van der Waals surface area (Å²) in [6.07, 6.45) is 7.35. The summed E-state index contributed by atoms with van der Waals surface area (Å²) >= 11 is 0. The van der Waals surface area contributed by atoms with Crippen LogP contribution in [-0.4, -0.2) is 108 Å². The number of aliphatic carboxylic acids is 1. The molecule has 3 aromatic rings. The molecule has 2 aromatic heterocycles. The molecule has 1 aromatic carbocycles. The van der Waals surface area contributed by atoms with Crippen LogP contribution >= 0.6 is 0 Å². The Balaban J connectivity index is 1.49. The number of carboxylic acid groups (broad SMARTS) is 1. The third-order valence-electron chi connectivity index (χ3n) is 9.34. The van der Waals surface area contributed by atoms with Crippen molar-refractivity contribution in [2.45, 2.75) is 109 Å². The number of aromatic nitrogens is 4. The first-order valence-electron chi connectivity index (χ1n) is 18.7. The van der Waals surface area contributed by atoms with E-state index >= 15 is 0 Å². The van der Waals surface area contributed by atoms with Crippen molar-refractivity contribution in [1.82, 2.24) is 46.1 Å². The van der Waals surface area contributed by atoms with E-state index in [0.29, 0.717) is 24.2 Å². The van der Waals surface area contributed by atoms with E-state index < -0.39 is 71.8 Å². The van der Waals surface area contributed by atoms with Crippen molar-refractivity contribution in [3.8, 4) is 0 Å². The van der Waals surface area contributed by atoms with Crippen LogP contribution in [0.3, 0.4) is 0 Å². The maximum Gasteiger partial charge on any atom is 0.326 e. The Morgan fingerprint density at radius 3 is 1.80 bits per heavy atom. The van der Waals surface area contributed by atoms with Crippen molar-refractivity contribution >= 4 is 35.5 Å². The number of H-pyrrole nitrogens is 2. The van der Waals surface area contributed by atoms with Crippen molar-refractivity contribution in [2.24, 2.45) is 17.6 Å². The Bertz CT molecular complexity index is 1720. The van der Waals surface area contributed by atoms with E-state index in [1.165, 1.54) is 29.9 Å². The molecule has 0 aliphatic carbocycles. The third-order valence-corrected chi connectivity index (χ3v) is 9.34. The topological polar surface area (TPSA) is 257 Å². The van der Waals surface area contributed by atoms with Crippen molar-refractivity contribution in [2.75, 3.05) is 6.54 Å². The van der Waals surface area contributed by atoms with Crippen LogP contribution < -0.4 is 27.0 Å². The molecule has 55 heavy (non-hydrogen) atoms. The Hall–Kier alpha value is -5.58. The van der Waals surface area contributed by atoms with Crippen LogP contribution in [0.1, 0.15) is 70.3 Å². The zero-order valence-corrected chi connectivity index (χ0v) is 31.8. The van der Waals surface area contributed by atoms with Gasteiger partial charge in [0.15, 0.2) is 0 Å². The zero-order valence-electron chi connectivity index (χ0n) is 31.8. The van der Waals surface area contributed by atoms with Crippen LogP contribution in [0.5, 0.6) is 0 Å². The normalized spacial score (nSPS) is 16.9. The minimum atomic E-state index is -1.27. The van der Waals surface area contributed by atoms with Crippen LogP contribution in [-0.2, 0) is 48.0 Å². The first-order valence-corrected chi connectivity index (χ1v) is 18.7. The average molecular weight is 763 g/mol. The number of nitrogens with one attached hydrogen (secondary N) is 6. The quantitative estimate of drug-likeness (QED) is 0.0795. The second-order valence-corrected chi connectivity index (χ2v) is 14.9. The number of benzene rings is 1. The maximum absolute atomic E-state index is 14.2. The summed E-state index contributed by atoms with van der Waals surface area (Å²) in [5.41, 5.74) is 8.15. The fourth-order valence-electron chi connectivity index (χ4n) is 6.59. The molecule has 1 aliphatic heterocycles. The van der Waals surface area contributed by atoms with Gasteiger partial charge in [-0.2, -0.15) is 0 Å². The fraction of sp³-hybridized carbons (Fsp3) is 0.526. The molecule has 5 amide bonds. The number of carbonyl (C=O) groups is 6. The van der Waals surface area contributed by atoms with Gasteiger partial charge in [-0.05, 0) is 49.5 Å². The second kappa shape index (κ2) is 20.2. The number of carbonyl (C=O) groups excluding carboxylic acids is 5. The zero-order chi connectivity index (χ0) is 40.1. The highest BCUT2D eigenvalue weighted by molar-refractivity contribution is 5.96. The third kappa shape index (κ3) is 12.8. The molecule has 0 unspecified atom stereocenters. The first kappa shape index (κ1) is 42.2. The van der Waals surface area contributed by atoms with Crippen LogP contribution in [0.2, 0.25) is 0 Å².